The third-order valence-electron chi connectivity index (χ3n) is 8.34. The summed E-state index contributed by atoms with van der Waals surface area (Å²) in [6.07, 6.45) is 59.7. The predicted octanol–water partition coefficient (Wildman–Crippen LogP) is 12.1. The Balaban J connectivity index is 3.44. The van der Waals surface area contributed by atoms with Crippen molar-refractivity contribution in [2.75, 3.05) is 0 Å². The molecule has 0 aliphatic heterocycles. The SMILES string of the molecule is C#C/C=C/CCCCCCCCCCCCCC/C=C/CCCCC#CC(O)C#CCCCC/C=C/CCCCCC/C=C/C(O)C#C. The van der Waals surface area contributed by atoms with Crippen molar-refractivity contribution in [3.63, 3.8) is 0 Å². The van der Waals surface area contributed by atoms with Crippen LogP contribution in [0.2, 0.25) is 0 Å². The zero-order valence-corrected chi connectivity index (χ0v) is 30.6. The summed E-state index contributed by atoms with van der Waals surface area (Å²) in [4.78, 5) is 0. The van der Waals surface area contributed by atoms with Crippen molar-refractivity contribution in [1.82, 2.24) is 0 Å². The van der Waals surface area contributed by atoms with Gasteiger partial charge in [-0.25, -0.2) is 0 Å². The molecule has 2 heteroatoms. The fourth-order valence-electron chi connectivity index (χ4n) is 5.40. The van der Waals surface area contributed by atoms with Crippen LogP contribution >= 0.6 is 0 Å². The molecule has 0 aromatic rings. The van der Waals surface area contributed by atoms with Gasteiger partial charge in [0.1, 0.15) is 6.10 Å². The Bertz CT molecular complexity index is 1020. The van der Waals surface area contributed by atoms with Crippen LogP contribution in [0.4, 0.5) is 0 Å². The van der Waals surface area contributed by atoms with E-state index in [1.165, 1.54) is 103 Å². The molecule has 0 aliphatic rings. The minimum absolute atomic E-state index is 0.744. The van der Waals surface area contributed by atoms with E-state index >= 15 is 0 Å². The highest BCUT2D eigenvalue weighted by atomic mass is 16.3. The maximum Gasteiger partial charge on any atom is 0.176 e. The number of aliphatic hydroxyl groups excluding tert-OH is 2. The zero-order valence-electron chi connectivity index (χ0n) is 30.6. The van der Waals surface area contributed by atoms with Gasteiger partial charge in [-0.05, 0) is 102 Å². The molecule has 0 radical (unpaired) electrons. The average molecular weight is 655 g/mol. The van der Waals surface area contributed by atoms with Gasteiger partial charge in [0.05, 0.1) is 0 Å². The van der Waals surface area contributed by atoms with Crippen LogP contribution in [-0.4, -0.2) is 22.4 Å². The number of hydrogen-bond acceptors (Lipinski definition) is 2. The van der Waals surface area contributed by atoms with Gasteiger partial charge in [-0.1, -0.05) is 149 Å². The van der Waals surface area contributed by atoms with E-state index in [9.17, 15) is 10.2 Å². The van der Waals surface area contributed by atoms with Crippen molar-refractivity contribution in [2.45, 2.75) is 192 Å². The summed E-state index contributed by atoms with van der Waals surface area (Å²) in [5.41, 5.74) is 0. The number of allylic oxidation sites excluding steroid dienone is 7. The molecular weight excluding hydrogens is 585 g/mol. The molecule has 0 aromatic heterocycles. The van der Waals surface area contributed by atoms with Gasteiger partial charge in [-0.3, -0.25) is 0 Å². The third-order valence-corrected chi connectivity index (χ3v) is 8.34. The summed E-state index contributed by atoms with van der Waals surface area (Å²) >= 11 is 0. The fraction of sp³-hybridized carbons (Fsp3) is 0.652. The van der Waals surface area contributed by atoms with E-state index in [0.717, 1.165) is 77.0 Å². The molecule has 0 spiro atoms. The zero-order chi connectivity index (χ0) is 34.9. The van der Waals surface area contributed by atoms with Gasteiger partial charge < -0.3 is 10.2 Å². The first-order valence-corrected chi connectivity index (χ1v) is 19.6. The molecule has 0 amide bonds. The lowest BCUT2D eigenvalue weighted by Crippen LogP contribution is -1.97. The minimum Gasteiger partial charge on any atom is -0.377 e. The molecule has 2 atom stereocenters. The van der Waals surface area contributed by atoms with Gasteiger partial charge in [0.2, 0.25) is 0 Å². The van der Waals surface area contributed by atoms with Crippen LogP contribution in [0.5, 0.6) is 0 Å². The van der Waals surface area contributed by atoms with Crippen molar-refractivity contribution < 1.29 is 10.2 Å². The van der Waals surface area contributed by atoms with Gasteiger partial charge >= 0.3 is 0 Å². The first-order chi connectivity index (χ1) is 23.7. The monoisotopic (exact) mass is 655 g/mol. The summed E-state index contributed by atoms with van der Waals surface area (Å²) in [5, 5.41) is 19.2. The van der Waals surface area contributed by atoms with Crippen molar-refractivity contribution >= 4 is 0 Å². The Labute approximate surface area is 298 Å². The summed E-state index contributed by atoms with van der Waals surface area (Å²) in [6.45, 7) is 0. The largest absolute Gasteiger partial charge is 0.377 e. The van der Waals surface area contributed by atoms with Crippen molar-refractivity contribution in [3.05, 3.63) is 48.6 Å². The van der Waals surface area contributed by atoms with Crippen LogP contribution < -0.4 is 0 Å². The Hall–Kier alpha value is -2.88. The van der Waals surface area contributed by atoms with Crippen LogP contribution in [0.25, 0.3) is 0 Å². The molecule has 0 aliphatic carbocycles. The van der Waals surface area contributed by atoms with E-state index in [0.29, 0.717) is 0 Å². The van der Waals surface area contributed by atoms with Crippen LogP contribution in [0.1, 0.15) is 180 Å². The topological polar surface area (TPSA) is 40.5 Å². The number of unbranched alkanes of at least 4 members (excludes halogenated alkanes) is 24. The van der Waals surface area contributed by atoms with Crippen LogP contribution in [0.3, 0.4) is 0 Å². The molecule has 0 rings (SSSR count). The molecule has 2 N–H and O–H groups in total. The Morgan fingerprint density at radius 2 is 0.750 bits per heavy atom. The van der Waals surface area contributed by atoms with E-state index in [2.05, 4.69) is 65.9 Å². The Kier molecular flexibility index (Phi) is 37.9. The highest BCUT2D eigenvalue weighted by molar-refractivity contribution is 5.19. The summed E-state index contributed by atoms with van der Waals surface area (Å²) < 4.78 is 0. The lowest BCUT2D eigenvalue weighted by atomic mass is 10.0. The maximum absolute atomic E-state index is 9.97. The number of rotatable bonds is 31. The second-order valence-corrected chi connectivity index (χ2v) is 12.9. The normalized spacial score (nSPS) is 12.6. The van der Waals surface area contributed by atoms with Crippen molar-refractivity contribution in [1.29, 1.82) is 0 Å². The van der Waals surface area contributed by atoms with E-state index in [-0.39, 0.29) is 0 Å². The van der Waals surface area contributed by atoms with E-state index in [4.69, 9.17) is 12.8 Å². The van der Waals surface area contributed by atoms with Crippen molar-refractivity contribution in [3.8, 4) is 48.4 Å². The first kappa shape index (κ1) is 45.1. The predicted molar refractivity (Wildman–Crippen MR) is 211 cm³/mol. The Morgan fingerprint density at radius 1 is 0.417 bits per heavy atom. The standard InChI is InChI=1S/C46H70O2/c1-3-5-6-7-8-9-10-11-12-13-14-15-16-17-18-19-20-21-25-28-31-34-37-40-43-46(48)44-41-38-35-32-29-26-23-22-24-27-30-33-36-39-42-45(47)4-2/h1-2,5-6,21,23,25-26,39,42,45-48H,7-20,22,24,27-38H2/b6-5+,25-21+,26-23+,42-39+. The summed E-state index contributed by atoms with van der Waals surface area (Å²) in [6, 6.07) is 0. The third kappa shape index (κ3) is 39.3. The van der Waals surface area contributed by atoms with Gasteiger partial charge in [0.15, 0.2) is 6.10 Å². The molecule has 0 fully saturated rings. The smallest absolute Gasteiger partial charge is 0.176 e. The number of aliphatic hydroxyl groups is 2. The molecule has 0 heterocycles. The number of terminal acetylenes is 2. The molecule has 2 unspecified atom stereocenters. The second-order valence-electron chi connectivity index (χ2n) is 12.9. The molecule has 266 valence electrons. The second kappa shape index (κ2) is 40.3. The molecular formula is C46H70O2. The Morgan fingerprint density at radius 3 is 1.12 bits per heavy atom. The van der Waals surface area contributed by atoms with Crippen LogP contribution in [0.15, 0.2) is 48.6 Å². The van der Waals surface area contributed by atoms with Gasteiger partial charge in [0.25, 0.3) is 0 Å². The molecule has 48 heavy (non-hydrogen) atoms. The maximum atomic E-state index is 9.97. The molecule has 0 aromatic carbocycles. The van der Waals surface area contributed by atoms with Crippen molar-refractivity contribution in [2.24, 2.45) is 0 Å². The summed E-state index contributed by atoms with van der Waals surface area (Å²) in [5.74, 6) is 16.8. The lowest BCUT2D eigenvalue weighted by Gasteiger charge is -2.02. The molecule has 2 nitrogen and oxygen atoms in total. The molecule has 0 bridgehead atoms. The highest BCUT2D eigenvalue weighted by Crippen LogP contribution is 2.13. The number of hydrogen-bond donors (Lipinski definition) is 2. The summed E-state index contributed by atoms with van der Waals surface area (Å²) in [7, 11) is 0. The minimum atomic E-state index is -0.816. The quantitative estimate of drug-likeness (QED) is 0.0444. The van der Waals surface area contributed by atoms with E-state index < -0.39 is 12.2 Å². The molecule has 0 saturated heterocycles. The fourth-order valence-corrected chi connectivity index (χ4v) is 5.40. The average Bonchev–Trinajstić information content (AvgIpc) is 3.09. The van der Waals surface area contributed by atoms with Gasteiger partial charge in [0, 0.05) is 12.8 Å². The van der Waals surface area contributed by atoms with Gasteiger partial charge in [-0.2, -0.15) is 0 Å². The van der Waals surface area contributed by atoms with Crippen LogP contribution in [-0.2, 0) is 0 Å². The van der Waals surface area contributed by atoms with Crippen LogP contribution in [0, 0.1) is 48.4 Å². The van der Waals surface area contributed by atoms with E-state index in [1.54, 1.807) is 6.08 Å². The molecule has 0 saturated carbocycles. The lowest BCUT2D eigenvalue weighted by molar-refractivity contribution is 0.280. The first-order valence-electron chi connectivity index (χ1n) is 19.6. The highest BCUT2D eigenvalue weighted by Gasteiger charge is 1.95. The van der Waals surface area contributed by atoms with E-state index in [1.807, 2.05) is 12.2 Å². The van der Waals surface area contributed by atoms with Gasteiger partial charge in [-0.15, -0.1) is 12.8 Å².